The quantitative estimate of drug-likeness (QED) is 0.779. The van der Waals surface area contributed by atoms with E-state index in [1.54, 1.807) is 10.9 Å². The fourth-order valence-corrected chi connectivity index (χ4v) is 1.59. The van der Waals surface area contributed by atoms with E-state index >= 15 is 0 Å². The molecule has 5 nitrogen and oxygen atoms in total. The zero-order valence-corrected chi connectivity index (χ0v) is 10.7. The second-order valence-corrected chi connectivity index (χ2v) is 4.58. The van der Waals surface area contributed by atoms with Gasteiger partial charge in [0.25, 0.3) is 5.91 Å². The molecule has 0 aromatic carbocycles. The van der Waals surface area contributed by atoms with Gasteiger partial charge in [-0.1, -0.05) is 13.8 Å². The molecule has 0 saturated carbocycles. The van der Waals surface area contributed by atoms with Crippen molar-refractivity contribution in [1.29, 1.82) is 0 Å². The van der Waals surface area contributed by atoms with Gasteiger partial charge in [0.2, 0.25) is 0 Å². The second-order valence-electron chi connectivity index (χ2n) is 4.58. The van der Waals surface area contributed by atoms with Gasteiger partial charge in [-0.15, -0.1) is 0 Å². The van der Waals surface area contributed by atoms with Crippen molar-refractivity contribution >= 4 is 5.91 Å². The molecule has 0 spiro atoms. The van der Waals surface area contributed by atoms with E-state index in [-0.39, 0.29) is 12.5 Å². The van der Waals surface area contributed by atoms with E-state index in [0.29, 0.717) is 17.9 Å². The number of aliphatic hydroxyl groups excluding tert-OH is 1. The molecule has 0 radical (unpaired) electrons. The lowest BCUT2D eigenvalue weighted by Crippen LogP contribution is -2.32. The first-order valence-corrected chi connectivity index (χ1v) is 6.01. The van der Waals surface area contributed by atoms with Gasteiger partial charge in [0.15, 0.2) is 0 Å². The van der Waals surface area contributed by atoms with E-state index < -0.39 is 6.10 Å². The van der Waals surface area contributed by atoms with E-state index in [1.807, 2.05) is 20.8 Å². The van der Waals surface area contributed by atoms with Gasteiger partial charge in [0.1, 0.15) is 0 Å². The van der Waals surface area contributed by atoms with Crippen LogP contribution >= 0.6 is 0 Å². The van der Waals surface area contributed by atoms with Crippen molar-refractivity contribution in [2.75, 3.05) is 6.54 Å². The summed E-state index contributed by atoms with van der Waals surface area (Å²) in [5.74, 6) is 0.234. The van der Waals surface area contributed by atoms with Gasteiger partial charge in [0.05, 0.1) is 17.9 Å². The molecule has 1 aromatic heterocycles. The first-order valence-electron chi connectivity index (χ1n) is 6.01. The zero-order chi connectivity index (χ0) is 12.8. The summed E-state index contributed by atoms with van der Waals surface area (Å²) in [5.41, 5.74) is 0.531. The molecule has 0 saturated heterocycles. The maximum atomic E-state index is 11.7. The SMILES string of the molecule is CCn1cc(C(=O)NCC(O)CC(C)C)cn1. The number of amides is 1. The largest absolute Gasteiger partial charge is 0.391 e. The molecule has 1 rings (SSSR count). The summed E-state index contributed by atoms with van der Waals surface area (Å²) in [6.07, 6.45) is 3.44. The topological polar surface area (TPSA) is 67.2 Å². The molecule has 1 atom stereocenters. The fraction of sp³-hybridized carbons (Fsp3) is 0.667. The van der Waals surface area contributed by atoms with Gasteiger partial charge in [-0.05, 0) is 19.3 Å². The molecule has 0 bridgehead atoms. The molecular formula is C12H21N3O2. The summed E-state index contributed by atoms with van der Waals surface area (Å²) in [5, 5.41) is 16.4. The third-order valence-corrected chi connectivity index (χ3v) is 2.46. The lowest BCUT2D eigenvalue weighted by atomic mass is 10.1. The van der Waals surface area contributed by atoms with E-state index in [4.69, 9.17) is 0 Å². The molecule has 2 N–H and O–H groups in total. The summed E-state index contributed by atoms with van der Waals surface area (Å²) in [6, 6.07) is 0. The van der Waals surface area contributed by atoms with E-state index in [9.17, 15) is 9.90 Å². The number of carbonyl (C=O) groups is 1. The summed E-state index contributed by atoms with van der Waals surface area (Å²) >= 11 is 0. The van der Waals surface area contributed by atoms with Crippen molar-refractivity contribution in [2.45, 2.75) is 39.8 Å². The van der Waals surface area contributed by atoms with Gasteiger partial charge in [-0.2, -0.15) is 5.10 Å². The molecule has 0 aliphatic carbocycles. The highest BCUT2D eigenvalue weighted by Gasteiger charge is 2.11. The Bertz CT molecular complexity index is 360. The van der Waals surface area contributed by atoms with Gasteiger partial charge < -0.3 is 10.4 Å². The van der Waals surface area contributed by atoms with Crippen LogP contribution in [0.15, 0.2) is 12.4 Å². The van der Waals surface area contributed by atoms with Crippen LogP contribution in [0.1, 0.15) is 37.6 Å². The van der Waals surface area contributed by atoms with E-state index in [0.717, 1.165) is 6.54 Å². The minimum absolute atomic E-state index is 0.187. The number of carbonyl (C=O) groups excluding carboxylic acids is 1. The van der Waals surface area contributed by atoms with Crippen LogP contribution in [0.2, 0.25) is 0 Å². The number of nitrogens with zero attached hydrogens (tertiary/aromatic N) is 2. The molecule has 0 aliphatic heterocycles. The molecular weight excluding hydrogens is 218 g/mol. The van der Waals surface area contributed by atoms with Crippen LogP contribution in [-0.4, -0.2) is 33.4 Å². The Kier molecular flexibility index (Phi) is 5.15. The Hall–Kier alpha value is -1.36. The molecule has 1 amide bonds. The predicted octanol–water partition coefficient (Wildman–Crippen LogP) is 1.04. The van der Waals surface area contributed by atoms with E-state index in [2.05, 4.69) is 10.4 Å². The zero-order valence-electron chi connectivity index (χ0n) is 10.7. The average molecular weight is 239 g/mol. The van der Waals surface area contributed by atoms with Crippen molar-refractivity contribution in [1.82, 2.24) is 15.1 Å². The minimum Gasteiger partial charge on any atom is -0.391 e. The molecule has 0 fully saturated rings. The van der Waals surface area contributed by atoms with Gasteiger partial charge in [-0.25, -0.2) is 0 Å². The highest BCUT2D eigenvalue weighted by Crippen LogP contribution is 2.04. The van der Waals surface area contributed by atoms with Gasteiger partial charge >= 0.3 is 0 Å². The number of rotatable bonds is 6. The molecule has 5 heteroatoms. The number of aliphatic hydroxyl groups is 1. The van der Waals surface area contributed by atoms with Crippen molar-refractivity contribution in [3.63, 3.8) is 0 Å². The molecule has 1 aromatic rings. The minimum atomic E-state index is -0.486. The van der Waals surface area contributed by atoms with Crippen LogP contribution in [0.25, 0.3) is 0 Å². The third kappa shape index (κ3) is 4.56. The van der Waals surface area contributed by atoms with Crippen LogP contribution in [0, 0.1) is 5.92 Å². The predicted molar refractivity (Wildman–Crippen MR) is 65.7 cm³/mol. The summed E-state index contributed by atoms with van der Waals surface area (Å²) in [4.78, 5) is 11.7. The normalized spacial score (nSPS) is 12.8. The fourth-order valence-electron chi connectivity index (χ4n) is 1.59. The maximum absolute atomic E-state index is 11.7. The Morgan fingerprint density at radius 3 is 2.82 bits per heavy atom. The van der Waals surface area contributed by atoms with Crippen molar-refractivity contribution < 1.29 is 9.90 Å². The standard InChI is InChI=1S/C12H21N3O2/c1-4-15-8-10(6-14-15)12(17)13-7-11(16)5-9(2)3/h6,8-9,11,16H,4-5,7H2,1-3H3,(H,13,17). The number of hydrogen-bond acceptors (Lipinski definition) is 3. The Balaban J connectivity index is 2.39. The van der Waals surface area contributed by atoms with Crippen molar-refractivity contribution in [3.8, 4) is 0 Å². The lowest BCUT2D eigenvalue weighted by Gasteiger charge is -2.13. The Labute approximate surface area is 102 Å². The van der Waals surface area contributed by atoms with Crippen molar-refractivity contribution in [3.05, 3.63) is 18.0 Å². The highest BCUT2D eigenvalue weighted by atomic mass is 16.3. The highest BCUT2D eigenvalue weighted by molar-refractivity contribution is 5.93. The number of aryl methyl sites for hydroxylation is 1. The van der Waals surface area contributed by atoms with E-state index in [1.165, 1.54) is 6.20 Å². The second kappa shape index (κ2) is 6.39. The van der Waals surface area contributed by atoms with Crippen LogP contribution in [0.3, 0.4) is 0 Å². The summed E-state index contributed by atoms with van der Waals surface area (Å²) in [6.45, 7) is 7.06. The lowest BCUT2D eigenvalue weighted by molar-refractivity contribution is 0.0900. The summed E-state index contributed by atoms with van der Waals surface area (Å²) in [7, 11) is 0. The molecule has 1 heterocycles. The maximum Gasteiger partial charge on any atom is 0.254 e. The first-order chi connectivity index (χ1) is 8.02. The Morgan fingerprint density at radius 2 is 2.29 bits per heavy atom. The number of hydrogen-bond donors (Lipinski definition) is 2. The number of aromatic nitrogens is 2. The monoisotopic (exact) mass is 239 g/mol. The summed E-state index contributed by atoms with van der Waals surface area (Å²) < 4.78 is 1.69. The smallest absolute Gasteiger partial charge is 0.254 e. The van der Waals surface area contributed by atoms with Crippen LogP contribution in [0.5, 0.6) is 0 Å². The molecule has 96 valence electrons. The Morgan fingerprint density at radius 1 is 1.59 bits per heavy atom. The van der Waals surface area contributed by atoms with Crippen LogP contribution < -0.4 is 5.32 Å². The molecule has 17 heavy (non-hydrogen) atoms. The number of nitrogens with one attached hydrogen (secondary N) is 1. The van der Waals surface area contributed by atoms with Crippen LogP contribution in [0.4, 0.5) is 0 Å². The first kappa shape index (κ1) is 13.7. The average Bonchev–Trinajstić information content (AvgIpc) is 2.73. The third-order valence-electron chi connectivity index (χ3n) is 2.46. The van der Waals surface area contributed by atoms with Gasteiger partial charge in [-0.3, -0.25) is 9.48 Å². The molecule has 1 unspecified atom stereocenters. The van der Waals surface area contributed by atoms with Crippen molar-refractivity contribution in [2.24, 2.45) is 5.92 Å². The van der Waals surface area contributed by atoms with Crippen LogP contribution in [-0.2, 0) is 6.54 Å². The van der Waals surface area contributed by atoms with Gasteiger partial charge in [0, 0.05) is 19.3 Å². The molecule has 0 aliphatic rings.